The van der Waals surface area contributed by atoms with Crippen LogP contribution < -0.4 is 11.1 Å². The van der Waals surface area contributed by atoms with Crippen molar-refractivity contribution in [3.8, 4) is 0 Å². The third kappa shape index (κ3) is 1.46. The van der Waals surface area contributed by atoms with Crippen LogP contribution >= 0.6 is 0 Å². The third-order valence-electron chi connectivity index (χ3n) is 1.73. The fourth-order valence-electron chi connectivity index (χ4n) is 1.16. The van der Waals surface area contributed by atoms with E-state index >= 15 is 0 Å². The topological polar surface area (TPSA) is 75.4 Å². The lowest BCUT2D eigenvalue weighted by Crippen LogP contribution is -2.52. The van der Waals surface area contributed by atoms with Crippen molar-refractivity contribution >= 4 is 5.91 Å². The third-order valence-corrected chi connectivity index (χ3v) is 1.73. The molecule has 2 unspecified atom stereocenters. The molecule has 1 heterocycles. The van der Waals surface area contributed by atoms with Gasteiger partial charge in [0.1, 0.15) is 6.04 Å². The molecule has 2 atom stereocenters. The van der Waals surface area contributed by atoms with Crippen molar-refractivity contribution in [2.75, 3.05) is 6.54 Å². The van der Waals surface area contributed by atoms with E-state index in [1.165, 1.54) is 0 Å². The van der Waals surface area contributed by atoms with Gasteiger partial charge in [-0.3, -0.25) is 4.79 Å². The molecule has 4 N–H and O–H groups in total. The Bertz CT molecular complexity index is 138. The van der Waals surface area contributed by atoms with Crippen LogP contribution in [-0.2, 0) is 4.79 Å². The number of nitrogens with two attached hydrogens (primary N) is 1. The van der Waals surface area contributed by atoms with E-state index in [9.17, 15) is 9.90 Å². The number of aliphatic hydroxyl groups excluding tert-OH is 1. The van der Waals surface area contributed by atoms with Crippen molar-refractivity contribution in [3.05, 3.63) is 0 Å². The maximum atomic E-state index is 10.6. The molecule has 1 rings (SSSR count). The van der Waals surface area contributed by atoms with Crippen molar-refractivity contribution in [3.63, 3.8) is 0 Å². The number of hydrogen-bond donors (Lipinski definition) is 3. The highest BCUT2D eigenvalue weighted by atomic mass is 16.3. The summed E-state index contributed by atoms with van der Waals surface area (Å²) in [5.74, 6) is -0.466. The van der Waals surface area contributed by atoms with Crippen LogP contribution in [0.1, 0.15) is 12.8 Å². The van der Waals surface area contributed by atoms with Crippen LogP contribution in [0.2, 0.25) is 0 Å². The molecule has 1 amide bonds. The average molecular weight is 144 g/mol. The Morgan fingerprint density at radius 1 is 1.70 bits per heavy atom. The second kappa shape index (κ2) is 2.98. The summed E-state index contributed by atoms with van der Waals surface area (Å²) in [7, 11) is 0. The van der Waals surface area contributed by atoms with Gasteiger partial charge in [-0.2, -0.15) is 0 Å². The van der Waals surface area contributed by atoms with Gasteiger partial charge >= 0.3 is 0 Å². The summed E-state index contributed by atoms with van der Waals surface area (Å²) in [5, 5.41) is 12.0. The van der Waals surface area contributed by atoms with Gasteiger partial charge in [-0.15, -0.1) is 0 Å². The summed E-state index contributed by atoms with van der Waals surface area (Å²) in [6.07, 6.45) is 0.984. The second-order valence-electron chi connectivity index (χ2n) is 2.54. The first kappa shape index (κ1) is 7.50. The molecule has 10 heavy (non-hydrogen) atoms. The molecule has 4 nitrogen and oxygen atoms in total. The van der Waals surface area contributed by atoms with Gasteiger partial charge < -0.3 is 16.2 Å². The van der Waals surface area contributed by atoms with Crippen LogP contribution in [0, 0.1) is 0 Å². The maximum absolute atomic E-state index is 10.6. The molecule has 1 aliphatic heterocycles. The summed E-state index contributed by atoms with van der Waals surface area (Å²) in [6.45, 7) is 0.769. The summed E-state index contributed by atoms with van der Waals surface area (Å²) >= 11 is 0. The lowest BCUT2D eigenvalue weighted by Gasteiger charge is -2.25. The van der Waals surface area contributed by atoms with Crippen LogP contribution in [0.3, 0.4) is 0 Å². The number of primary amides is 1. The largest absolute Gasteiger partial charge is 0.391 e. The summed E-state index contributed by atoms with van der Waals surface area (Å²) < 4.78 is 0. The van der Waals surface area contributed by atoms with E-state index in [1.807, 2.05) is 0 Å². The number of carbonyl (C=O) groups excluding carboxylic acids is 1. The number of carbonyl (C=O) groups is 1. The minimum absolute atomic E-state index is 0.466. The zero-order chi connectivity index (χ0) is 7.56. The number of rotatable bonds is 1. The first-order chi connectivity index (χ1) is 4.72. The van der Waals surface area contributed by atoms with E-state index in [4.69, 9.17) is 5.73 Å². The van der Waals surface area contributed by atoms with Crippen molar-refractivity contribution in [2.45, 2.75) is 25.0 Å². The van der Waals surface area contributed by atoms with E-state index in [0.29, 0.717) is 6.42 Å². The Morgan fingerprint density at radius 2 is 2.40 bits per heavy atom. The minimum Gasteiger partial charge on any atom is -0.391 e. The summed E-state index contributed by atoms with van der Waals surface area (Å²) in [4.78, 5) is 10.6. The Morgan fingerprint density at radius 3 is 2.80 bits per heavy atom. The number of amides is 1. The van der Waals surface area contributed by atoms with E-state index in [2.05, 4.69) is 5.32 Å². The lowest BCUT2D eigenvalue weighted by molar-refractivity contribution is -0.123. The summed E-state index contributed by atoms with van der Waals surface area (Å²) in [5.41, 5.74) is 5.00. The molecular weight excluding hydrogens is 132 g/mol. The van der Waals surface area contributed by atoms with Crippen LogP contribution in [0.25, 0.3) is 0 Å². The van der Waals surface area contributed by atoms with Gasteiger partial charge in [0.05, 0.1) is 6.10 Å². The highest BCUT2D eigenvalue weighted by Gasteiger charge is 2.26. The molecular formula is C6H12N2O2. The van der Waals surface area contributed by atoms with Crippen molar-refractivity contribution in [1.29, 1.82) is 0 Å². The molecule has 1 saturated heterocycles. The zero-order valence-electron chi connectivity index (χ0n) is 5.71. The second-order valence-corrected chi connectivity index (χ2v) is 2.54. The highest BCUT2D eigenvalue weighted by Crippen LogP contribution is 2.07. The molecule has 0 bridgehead atoms. The molecule has 1 aliphatic rings. The van der Waals surface area contributed by atoms with Gasteiger partial charge in [-0.25, -0.2) is 0 Å². The van der Waals surface area contributed by atoms with Crippen LogP contribution in [0.15, 0.2) is 0 Å². The lowest BCUT2D eigenvalue weighted by atomic mass is 10.0. The number of piperidine rings is 1. The molecule has 0 saturated carbocycles. The molecule has 58 valence electrons. The normalized spacial score (nSPS) is 33.7. The van der Waals surface area contributed by atoms with E-state index in [0.717, 1.165) is 13.0 Å². The molecule has 0 aromatic heterocycles. The number of nitrogens with one attached hydrogen (secondary N) is 1. The highest BCUT2D eigenvalue weighted by molar-refractivity contribution is 5.80. The zero-order valence-corrected chi connectivity index (χ0v) is 5.71. The van der Waals surface area contributed by atoms with E-state index < -0.39 is 18.1 Å². The van der Waals surface area contributed by atoms with Gasteiger partial charge in [-0.05, 0) is 19.4 Å². The van der Waals surface area contributed by atoms with Gasteiger partial charge in [0.25, 0.3) is 0 Å². The molecule has 1 fully saturated rings. The molecule has 0 spiro atoms. The van der Waals surface area contributed by atoms with Crippen molar-refractivity contribution in [1.82, 2.24) is 5.32 Å². The SMILES string of the molecule is NC(=O)C1NCCCC1O. The monoisotopic (exact) mass is 144 g/mol. The van der Waals surface area contributed by atoms with Crippen molar-refractivity contribution in [2.24, 2.45) is 5.73 Å². The van der Waals surface area contributed by atoms with Gasteiger partial charge in [0.2, 0.25) is 5.91 Å². The molecule has 0 aromatic carbocycles. The van der Waals surface area contributed by atoms with E-state index in [1.54, 1.807) is 0 Å². The number of hydrogen-bond acceptors (Lipinski definition) is 3. The average Bonchev–Trinajstić information content (AvgIpc) is 1.88. The van der Waals surface area contributed by atoms with Gasteiger partial charge in [-0.1, -0.05) is 0 Å². The predicted octanol–water partition coefficient (Wildman–Crippen LogP) is -1.42. The Hall–Kier alpha value is -0.610. The maximum Gasteiger partial charge on any atom is 0.237 e. The smallest absolute Gasteiger partial charge is 0.237 e. The Kier molecular flexibility index (Phi) is 2.24. The minimum atomic E-state index is -0.591. The first-order valence-electron chi connectivity index (χ1n) is 3.42. The number of aliphatic hydroxyl groups is 1. The standard InChI is InChI=1S/C6H12N2O2/c7-6(10)5-4(9)2-1-3-8-5/h4-5,8-9H,1-3H2,(H2,7,10). The molecule has 0 radical (unpaired) electrons. The van der Waals surface area contributed by atoms with Crippen LogP contribution in [-0.4, -0.2) is 29.7 Å². The summed E-state index contributed by atoms with van der Waals surface area (Å²) in [6, 6.07) is -0.534. The molecule has 0 aromatic rings. The Labute approximate surface area is 59.4 Å². The predicted molar refractivity (Wildman–Crippen MR) is 36.2 cm³/mol. The molecule has 0 aliphatic carbocycles. The van der Waals surface area contributed by atoms with Crippen LogP contribution in [0.5, 0.6) is 0 Å². The molecule has 4 heteroatoms. The van der Waals surface area contributed by atoms with Crippen molar-refractivity contribution < 1.29 is 9.90 Å². The Balaban J connectivity index is 2.47. The quantitative estimate of drug-likeness (QED) is 0.423. The fraction of sp³-hybridized carbons (Fsp3) is 0.833. The van der Waals surface area contributed by atoms with Crippen LogP contribution in [0.4, 0.5) is 0 Å². The fourth-order valence-corrected chi connectivity index (χ4v) is 1.16. The first-order valence-corrected chi connectivity index (χ1v) is 3.42. The van der Waals surface area contributed by atoms with E-state index in [-0.39, 0.29) is 0 Å². The van der Waals surface area contributed by atoms with Gasteiger partial charge in [0.15, 0.2) is 0 Å². The van der Waals surface area contributed by atoms with Gasteiger partial charge in [0, 0.05) is 0 Å².